The number of aryl methyl sites for hydroxylation is 1. The minimum Gasteiger partial charge on any atom is -0.487 e. The third-order valence-electron chi connectivity index (χ3n) is 6.04. The van der Waals surface area contributed by atoms with Crippen molar-refractivity contribution in [3.8, 4) is 11.4 Å². The van der Waals surface area contributed by atoms with Gasteiger partial charge in [-0.25, -0.2) is 4.98 Å². The lowest BCUT2D eigenvalue weighted by atomic mass is 10.2. The molecule has 4 aromatic heterocycles. The third-order valence-corrected chi connectivity index (χ3v) is 6.67. The highest BCUT2D eigenvalue weighted by Crippen LogP contribution is 2.22. The Morgan fingerprint density at radius 3 is 2.68 bits per heavy atom. The molecule has 0 amide bonds. The first-order valence-corrected chi connectivity index (χ1v) is 12.2. The van der Waals surface area contributed by atoms with Crippen LogP contribution in [0.1, 0.15) is 30.7 Å². The Morgan fingerprint density at radius 1 is 1.06 bits per heavy atom. The molecule has 0 spiro atoms. The molecule has 1 saturated heterocycles. The number of ether oxygens (including phenoxy) is 1. The molecule has 0 N–H and O–H groups in total. The van der Waals surface area contributed by atoms with E-state index < -0.39 is 0 Å². The number of halogens is 2. The number of aromatic nitrogens is 4. The molecule has 9 heteroatoms. The maximum absolute atomic E-state index is 12.8. The normalized spacial score (nSPS) is 14.2. The molecule has 1 aliphatic heterocycles. The van der Waals surface area contributed by atoms with Gasteiger partial charge < -0.3 is 9.64 Å². The largest absolute Gasteiger partial charge is 0.487 e. The lowest BCUT2D eigenvalue weighted by Crippen LogP contribution is -2.20. The first-order valence-electron chi connectivity index (χ1n) is 11.4. The van der Waals surface area contributed by atoms with Crippen LogP contribution in [0.3, 0.4) is 0 Å². The molecule has 1 fully saturated rings. The van der Waals surface area contributed by atoms with Crippen molar-refractivity contribution in [2.24, 2.45) is 0 Å². The van der Waals surface area contributed by atoms with Crippen molar-refractivity contribution in [3.05, 3.63) is 86.9 Å². The zero-order chi connectivity index (χ0) is 23.5. The maximum Gasteiger partial charge on any atom is 0.258 e. The van der Waals surface area contributed by atoms with Gasteiger partial charge in [0, 0.05) is 24.7 Å². The molecule has 0 aliphatic carbocycles. The maximum atomic E-state index is 12.8. The summed E-state index contributed by atoms with van der Waals surface area (Å²) in [6.45, 7) is 3.71. The Morgan fingerprint density at radius 2 is 1.91 bits per heavy atom. The summed E-state index contributed by atoms with van der Waals surface area (Å²) < 4.78 is 9.10. The summed E-state index contributed by atoms with van der Waals surface area (Å²) in [6.07, 6.45) is 9.55. The number of likely N-dealkylation sites (tertiary alicyclic amines) is 1. The predicted molar refractivity (Wildman–Crippen MR) is 133 cm³/mol. The third kappa shape index (κ3) is 5.12. The van der Waals surface area contributed by atoms with E-state index in [0.717, 1.165) is 36.4 Å². The van der Waals surface area contributed by atoms with Crippen LogP contribution < -0.4 is 10.3 Å². The first kappa shape index (κ1) is 22.9. The molecule has 5 rings (SSSR count). The van der Waals surface area contributed by atoms with Crippen molar-refractivity contribution in [1.29, 1.82) is 0 Å². The van der Waals surface area contributed by atoms with E-state index in [4.69, 9.17) is 32.9 Å². The Hall–Kier alpha value is -2.87. The molecule has 4 aromatic rings. The van der Waals surface area contributed by atoms with E-state index in [0.29, 0.717) is 21.6 Å². The molecule has 0 saturated carbocycles. The van der Waals surface area contributed by atoms with Gasteiger partial charge in [-0.1, -0.05) is 23.2 Å². The van der Waals surface area contributed by atoms with Crippen molar-refractivity contribution in [2.75, 3.05) is 19.6 Å². The zero-order valence-corrected chi connectivity index (χ0v) is 20.2. The second kappa shape index (κ2) is 10.2. The highest BCUT2D eigenvalue weighted by molar-refractivity contribution is 6.30. The van der Waals surface area contributed by atoms with Crippen LogP contribution in [-0.4, -0.2) is 43.5 Å². The smallest absolute Gasteiger partial charge is 0.258 e. The van der Waals surface area contributed by atoms with Gasteiger partial charge in [0.15, 0.2) is 0 Å². The summed E-state index contributed by atoms with van der Waals surface area (Å²) in [7, 11) is 0. The standard InChI is InChI=1S/C25H25Cl2N5O2/c26-18-5-6-19(28-15-18)17-34-21-9-13-31(24(33)14-21)20-7-8-23-29-22(25(27)32(23)16-20)4-3-12-30-10-1-2-11-30/h5-9,13-16H,1-4,10-12,17H2. The number of hydrogen-bond donors (Lipinski definition) is 0. The van der Waals surface area contributed by atoms with Gasteiger partial charge in [-0.3, -0.25) is 18.7 Å². The van der Waals surface area contributed by atoms with Crippen molar-refractivity contribution < 1.29 is 4.74 Å². The molecule has 0 bridgehead atoms. The Balaban J connectivity index is 1.29. The molecule has 7 nitrogen and oxygen atoms in total. The zero-order valence-electron chi connectivity index (χ0n) is 18.7. The van der Waals surface area contributed by atoms with Gasteiger partial charge in [0.05, 0.1) is 22.1 Å². The summed E-state index contributed by atoms with van der Waals surface area (Å²) in [6, 6.07) is 10.5. The van der Waals surface area contributed by atoms with Crippen molar-refractivity contribution in [2.45, 2.75) is 32.3 Å². The minimum atomic E-state index is -0.206. The summed E-state index contributed by atoms with van der Waals surface area (Å²) >= 11 is 12.5. The highest BCUT2D eigenvalue weighted by atomic mass is 35.5. The molecular formula is C25H25Cl2N5O2. The van der Waals surface area contributed by atoms with E-state index in [9.17, 15) is 4.79 Å². The van der Waals surface area contributed by atoms with Crippen LogP contribution in [0, 0.1) is 0 Å². The first-order chi connectivity index (χ1) is 16.6. The van der Waals surface area contributed by atoms with E-state index >= 15 is 0 Å². The molecule has 34 heavy (non-hydrogen) atoms. The van der Waals surface area contributed by atoms with E-state index in [1.165, 1.54) is 32.0 Å². The van der Waals surface area contributed by atoms with Gasteiger partial charge >= 0.3 is 0 Å². The van der Waals surface area contributed by atoms with Crippen molar-refractivity contribution in [3.63, 3.8) is 0 Å². The van der Waals surface area contributed by atoms with E-state index in [2.05, 4.69) is 9.88 Å². The van der Waals surface area contributed by atoms with Gasteiger partial charge in [-0.15, -0.1) is 0 Å². The number of nitrogens with zero attached hydrogens (tertiary/aromatic N) is 5. The lowest BCUT2D eigenvalue weighted by Gasteiger charge is -2.13. The fourth-order valence-corrected chi connectivity index (χ4v) is 4.63. The summed E-state index contributed by atoms with van der Waals surface area (Å²) in [4.78, 5) is 24.2. The van der Waals surface area contributed by atoms with Crippen molar-refractivity contribution >= 4 is 28.8 Å². The second-order valence-electron chi connectivity index (χ2n) is 8.44. The van der Waals surface area contributed by atoms with Gasteiger partial charge in [-0.05, 0) is 75.6 Å². The topological polar surface area (TPSA) is 64.7 Å². The fraction of sp³-hybridized carbons (Fsp3) is 0.320. The van der Waals surface area contributed by atoms with E-state index in [-0.39, 0.29) is 12.2 Å². The van der Waals surface area contributed by atoms with Crippen LogP contribution in [0.15, 0.2) is 59.8 Å². The number of imidazole rings is 1. The van der Waals surface area contributed by atoms with Crippen LogP contribution in [0.4, 0.5) is 0 Å². The molecular weight excluding hydrogens is 473 g/mol. The van der Waals surface area contributed by atoms with E-state index in [1.54, 1.807) is 35.2 Å². The van der Waals surface area contributed by atoms with Gasteiger partial charge in [0.1, 0.15) is 23.2 Å². The Labute approximate surface area is 207 Å². The molecule has 0 radical (unpaired) electrons. The molecule has 0 unspecified atom stereocenters. The molecule has 0 aromatic carbocycles. The lowest BCUT2D eigenvalue weighted by molar-refractivity contribution is 0.300. The van der Waals surface area contributed by atoms with Gasteiger partial charge in [0.2, 0.25) is 0 Å². The highest BCUT2D eigenvalue weighted by Gasteiger charge is 2.14. The van der Waals surface area contributed by atoms with Gasteiger partial charge in [-0.2, -0.15) is 0 Å². The van der Waals surface area contributed by atoms with Crippen LogP contribution in [0.5, 0.6) is 5.75 Å². The van der Waals surface area contributed by atoms with Crippen LogP contribution in [-0.2, 0) is 13.0 Å². The number of pyridine rings is 3. The molecule has 176 valence electrons. The van der Waals surface area contributed by atoms with Crippen LogP contribution in [0.25, 0.3) is 11.3 Å². The number of rotatable bonds is 8. The molecule has 5 heterocycles. The van der Waals surface area contributed by atoms with Crippen molar-refractivity contribution in [1.82, 2.24) is 23.8 Å². The van der Waals surface area contributed by atoms with Gasteiger partial charge in [0.25, 0.3) is 5.56 Å². The summed E-state index contributed by atoms with van der Waals surface area (Å²) in [5.74, 6) is 0.472. The quantitative estimate of drug-likeness (QED) is 0.350. The number of fused-ring (bicyclic) bond motifs is 1. The monoisotopic (exact) mass is 497 g/mol. The average molecular weight is 498 g/mol. The molecule has 0 atom stereocenters. The summed E-state index contributed by atoms with van der Waals surface area (Å²) in [5, 5.41) is 1.16. The Bertz CT molecular complexity index is 1340. The molecule has 1 aliphatic rings. The average Bonchev–Trinajstić information content (AvgIpc) is 3.47. The van der Waals surface area contributed by atoms with Crippen LogP contribution in [0.2, 0.25) is 10.2 Å². The predicted octanol–water partition coefficient (Wildman–Crippen LogP) is 4.79. The summed E-state index contributed by atoms with van der Waals surface area (Å²) in [5.41, 5.74) is 2.89. The Kier molecular flexibility index (Phi) is 6.85. The minimum absolute atomic E-state index is 0.206. The fourth-order valence-electron chi connectivity index (χ4n) is 4.24. The second-order valence-corrected chi connectivity index (χ2v) is 9.24. The van der Waals surface area contributed by atoms with Crippen LogP contribution >= 0.6 is 23.2 Å². The number of hydrogen-bond acceptors (Lipinski definition) is 5. The SMILES string of the molecule is O=c1cc(OCc2ccc(Cl)cn2)ccn1-c1ccc2nc(CCCN3CCCC3)c(Cl)n2c1. The van der Waals surface area contributed by atoms with E-state index in [1.807, 2.05) is 22.7 Å².